The molecule has 0 aliphatic carbocycles. The predicted molar refractivity (Wildman–Crippen MR) is 72.7 cm³/mol. The minimum atomic E-state index is -0.273. The van der Waals surface area contributed by atoms with Crippen molar-refractivity contribution < 1.29 is 14.3 Å². The van der Waals surface area contributed by atoms with Crippen LogP contribution in [0.5, 0.6) is 5.75 Å². The summed E-state index contributed by atoms with van der Waals surface area (Å²) < 4.78 is 5.30. The summed E-state index contributed by atoms with van der Waals surface area (Å²) >= 11 is 1.34. The molecule has 0 saturated heterocycles. The fraction of sp³-hybridized carbons (Fsp3) is 0.154. The van der Waals surface area contributed by atoms with Crippen molar-refractivity contribution in [3.05, 3.63) is 41.4 Å². The summed E-state index contributed by atoms with van der Waals surface area (Å²) in [5.74, 6) is 0.262. The molecule has 2 aromatic rings. The van der Waals surface area contributed by atoms with Crippen molar-refractivity contribution in [1.82, 2.24) is 4.98 Å². The number of hydrogen-bond acceptors (Lipinski definition) is 5. The maximum atomic E-state index is 11.5. The molecule has 1 aromatic heterocycles. The monoisotopic (exact) mass is 276 g/mol. The van der Waals surface area contributed by atoms with E-state index in [0.29, 0.717) is 16.4 Å². The maximum Gasteiger partial charge on any atom is 0.264 e. The number of anilines is 1. The number of aromatic nitrogens is 1. The van der Waals surface area contributed by atoms with Gasteiger partial charge in [0.1, 0.15) is 5.75 Å². The molecule has 19 heavy (non-hydrogen) atoms. The lowest BCUT2D eigenvalue weighted by atomic mass is 10.1. The molecule has 2 rings (SSSR count). The highest BCUT2D eigenvalue weighted by Gasteiger charge is 2.05. The van der Waals surface area contributed by atoms with E-state index in [4.69, 9.17) is 4.74 Å². The fourth-order valence-corrected chi connectivity index (χ4v) is 1.92. The third-order valence-corrected chi connectivity index (χ3v) is 3.00. The molecule has 0 spiro atoms. The summed E-state index contributed by atoms with van der Waals surface area (Å²) in [7, 11) is 0. The van der Waals surface area contributed by atoms with Gasteiger partial charge in [0, 0.05) is 17.1 Å². The second-order valence-electron chi connectivity index (χ2n) is 3.75. The molecule has 98 valence electrons. The molecular weight excluding hydrogens is 264 g/mol. The second kappa shape index (κ2) is 6.10. The first-order valence-corrected chi connectivity index (χ1v) is 6.46. The Balaban J connectivity index is 1.84. The van der Waals surface area contributed by atoms with Gasteiger partial charge >= 0.3 is 0 Å². The van der Waals surface area contributed by atoms with Crippen LogP contribution in [0.3, 0.4) is 0 Å². The molecule has 1 heterocycles. The zero-order valence-corrected chi connectivity index (χ0v) is 11.1. The Bertz CT molecular complexity index is 564. The molecule has 0 bridgehead atoms. The predicted octanol–water partition coefficient (Wildman–Crippen LogP) is 2.36. The first-order chi connectivity index (χ1) is 9.15. The van der Waals surface area contributed by atoms with Crippen molar-refractivity contribution in [2.24, 2.45) is 0 Å². The highest BCUT2D eigenvalue weighted by Crippen LogP contribution is 2.13. The molecular formula is C13H12N2O3S. The number of ketones is 1. The molecule has 5 nitrogen and oxygen atoms in total. The van der Waals surface area contributed by atoms with Gasteiger partial charge in [0.25, 0.3) is 5.91 Å². The molecule has 1 N–H and O–H groups in total. The Hall–Kier alpha value is -2.21. The average molecular weight is 276 g/mol. The van der Waals surface area contributed by atoms with Gasteiger partial charge < -0.3 is 4.74 Å². The van der Waals surface area contributed by atoms with Crippen molar-refractivity contribution in [2.45, 2.75) is 6.92 Å². The second-order valence-corrected chi connectivity index (χ2v) is 4.65. The van der Waals surface area contributed by atoms with Crippen molar-refractivity contribution in [1.29, 1.82) is 0 Å². The lowest BCUT2D eigenvalue weighted by Crippen LogP contribution is -2.19. The van der Waals surface area contributed by atoms with Crippen molar-refractivity contribution in [3.63, 3.8) is 0 Å². The third-order valence-electron chi connectivity index (χ3n) is 2.31. The number of hydrogen-bond donors (Lipinski definition) is 1. The number of ether oxygens (including phenoxy) is 1. The topological polar surface area (TPSA) is 68.3 Å². The van der Waals surface area contributed by atoms with Gasteiger partial charge in [-0.3, -0.25) is 14.9 Å². The van der Waals surface area contributed by atoms with Crippen LogP contribution in [0.2, 0.25) is 0 Å². The van der Waals surface area contributed by atoms with Crippen LogP contribution >= 0.6 is 11.3 Å². The molecule has 0 radical (unpaired) electrons. The van der Waals surface area contributed by atoms with E-state index in [2.05, 4.69) is 10.3 Å². The maximum absolute atomic E-state index is 11.5. The van der Waals surface area contributed by atoms with Crippen LogP contribution in [0.15, 0.2) is 35.8 Å². The lowest BCUT2D eigenvalue weighted by Gasteiger charge is -2.06. The van der Waals surface area contributed by atoms with Crippen LogP contribution in [0.25, 0.3) is 0 Å². The minimum Gasteiger partial charge on any atom is -0.484 e. The molecule has 1 aromatic carbocycles. The quantitative estimate of drug-likeness (QED) is 0.851. The molecule has 0 aliphatic heterocycles. The highest BCUT2D eigenvalue weighted by atomic mass is 32.1. The number of thiazole rings is 1. The van der Waals surface area contributed by atoms with Crippen LogP contribution in [0.4, 0.5) is 5.13 Å². The van der Waals surface area contributed by atoms with E-state index in [-0.39, 0.29) is 18.3 Å². The Morgan fingerprint density at radius 2 is 2.05 bits per heavy atom. The standard InChI is InChI=1S/C13H12N2O3S/c1-9(16)10-2-4-11(5-3-10)18-8-12(17)15-13-14-6-7-19-13/h2-7H,8H2,1H3,(H,14,15,17). The van der Waals surface area contributed by atoms with E-state index in [9.17, 15) is 9.59 Å². The van der Waals surface area contributed by atoms with Crippen molar-refractivity contribution in [2.75, 3.05) is 11.9 Å². The van der Waals surface area contributed by atoms with E-state index in [1.165, 1.54) is 18.3 Å². The minimum absolute atomic E-state index is 0.00642. The van der Waals surface area contributed by atoms with E-state index < -0.39 is 0 Å². The zero-order valence-electron chi connectivity index (χ0n) is 10.3. The van der Waals surface area contributed by atoms with Gasteiger partial charge in [0.15, 0.2) is 17.5 Å². The van der Waals surface area contributed by atoms with Crippen LogP contribution in [-0.2, 0) is 4.79 Å². The number of nitrogens with one attached hydrogen (secondary N) is 1. The first kappa shape index (κ1) is 13.2. The number of rotatable bonds is 5. The summed E-state index contributed by atoms with van der Waals surface area (Å²) in [6, 6.07) is 6.65. The van der Waals surface area contributed by atoms with Crippen LogP contribution in [0.1, 0.15) is 17.3 Å². The summed E-state index contributed by atoms with van der Waals surface area (Å²) in [6.07, 6.45) is 1.61. The lowest BCUT2D eigenvalue weighted by molar-refractivity contribution is -0.118. The van der Waals surface area contributed by atoms with Gasteiger partial charge in [0.2, 0.25) is 0 Å². The number of carbonyl (C=O) groups is 2. The molecule has 6 heteroatoms. The van der Waals surface area contributed by atoms with E-state index in [1.807, 2.05) is 0 Å². The first-order valence-electron chi connectivity index (χ1n) is 5.58. The van der Waals surface area contributed by atoms with Crippen molar-refractivity contribution in [3.8, 4) is 5.75 Å². The molecule has 0 atom stereocenters. The fourth-order valence-electron chi connectivity index (χ4n) is 1.38. The molecule has 0 aliphatic rings. The Morgan fingerprint density at radius 3 is 2.63 bits per heavy atom. The summed E-state index contributed by atoms with van der Waals surface area (Å²) in [4.78, 5) is 26.6. The number of amides is 1. The van der Waals surface area contributed by atoms with E-state index >= 15 is 0 Å². The summed E-state index contributed by atoms with van der Waals surface area (Å²) in [5.41, 5.74) is 0.611. The largest absolute Gasteiger partial charge is 0.484 e. The van der Waals surface area contributed by atoms with Gasteiger partial charge in [-0.15, -0.1) is 11.3 Å². The highest BCUT2D eigenvalue weighted by molar-refractivity contribution is 7.13. The molecule has 0 unspecified atom stereocenters. The Morgan fingerprint density at radius 1 is 1.32 bits per heavy atom. The van der Waals surface area contributed by atoms with Crippen LogP contribution in [0, 0.1) is 0 Å². The van der Waals surface area contributed by atoms with Gasteiger partial charge in [0.05, 0.1) is 0 Å². The smallest absolute Gasteiger partial charge is 0.264 e. The SMILES string of the molecule is CC(=O)c1ccc(OCC(=O)Nc2nccs2)cc1. The average Bonchev–Trinajstić information content (AvgIpc) is 2.89. The molecule has 1 amide bonds. The van der Waals surface area contributed by atoms with Gasteiger partial charge in [-0.1, -0.05) is 0 Å². The van der Waals surface area contributed by atoms with Crippen LogP contribution < -0.4 is 10.1 Å². The Labute approximate surface area is 114 Å². The number of benzene rings is 1. The third kappa shape index (κ3) is 3.89. The number of Topliss-reactive ketones (excluding diaryl/α,β-unsaturated/α-hetero) is 1. The molecule has 0 fully saturated rings. The number of carbonyl (C=O) groups excluding carboxylic acids is 2. The normalized spacial score (nSPS) is 9.95. The molecule has 0 saturated carbocycles. The number of nitrogens with zero attached hydrogens (tertiary/aromatic N) is 1. The van der Waals surface area contributed by atoms with Crippen molar-refractivity contribution >= 4 is 28.2 Å². The Kier molecular flexibility index (Phi) is 4.25. The van der Waals surface area contributed by atoms with E-state index in [1.54, 1.807) is 35.8 Å². The summed E-state index contributed by atoms with van der Waals surface area (Å²) in [6.45, 7) is 1.40. The zero-order chi connectivity index (χ0) is 13.7. The van der Waals surface area contributed by atoms with Crippen LogP contribution in [-0.4, -0.2) is 23.3 Å². The van der Waals surface area contributed by atoms with Gasteiger partial charge in [-0.05, 0) is 31.2 Å². The van der Waals surface area contributed by atoms with Gasteiger partial charge in [-0.2, -0.15) is 0 Å². The van der Waals surface area contributed by atoms with E-state index in [0.717, 1.165) is 0 Å². The summed E-state index contributed by atoms with van der Waals surface area (Å²) in [5, 5.41) is 4.93. The van der Waals surface area contributed by atoms with Gasteiger partial charge in [-0.25, -0.2) is 4.98 Å².